The van der Waals surface area contributed by atoms with E-state index in [9.17, 15) is 4.79 Å². The van der Waals surface area contributed by atoms with Crippen molar-refractivity contribution in [3.8, 4) is 0 Å². The number of rotatable bonds is 5. The number of carboxylic acid groups (broad SMARTS) is 1. The normalized spacial score (nSPS) is 10.3. The maximum absolute atomic E-state index is 11.0. The lowest BCUT2D eigenvalue weighted by Gasteiger charge is -2.10. The van der Waals surface area contributed by atoms with E-state index in [1.165, 1.54) is 18.5 Å². The predicted molar refractivity (Wildman–Crippen MR) is 98.5 cm³/mol. The van der Waals surface area contributed by atoms with Crippen molar-refractivity contribution in [1.82, 2.24) is 9.97 Å². The highest BCUT2D eigenvalue weighted by molar-refractivity contribution is 6.35. The van der Waals surface area contributed by atoms with Crippen LogP contribution >= 0.6 is 23.2 Å². The van der Waals surface area contributed by atoms with E-state index < -0.39 is 5.97 Å². The van der Waals surface area contributed by atoms with E-state index in [4.69, 9.17) is 28.3 Å². The fourth-order valence-corrected chi connectivity index (χ4v) is 2.44. The van der Waals surface area contributed by atoms with Gasteiger partial charge >= 0.3 is 5.97 Å². The average molecular weight is 375 g/mol. The number of hydrogen-bond donors (Lipinski definition) is 3. The first kappa shape index (κ1) is 17.0. The molecule has 0 fully saturated rings. The minimum atomic E-state index is -0.996. The number of aromatic nitrogens is 2. The van der Waals surface area contributed by atoms with Crippen LogP contribution in [0.4, 0.5) is 23.0 Å². The Labute approximate surface area is 153 Å². The van der Waals surface area contributed by atoms with Gasteiger partial charge in [-0.1, -0.05) is 29.3 Å². The molecule has 25 heavy (non-hydrogen) atoms. The smallest absolute Gasteiger partial charge is 0.335 e. The lowest BCUT2D eigenvalue weighted by Crippen LogP contribution is -2.00. The predicted octanol–water partition coefficient (Wildman–Crippen LogP) is 4.97. The minimum absolute atomic E-state index is 0.183. The summed E-state index contributed by atoms with van der Waals surface area (Å²) in [6.07, 6.45) is 1.38. The Morgan fingerprint density at radius 1 is 0.960 bits per heavy atom. The Hall–Kier alpha value is -2.83. The maximum atomic E-state index is 11.0. The second-order valence-corrected chi connectivity index (χ2v) is 5.89. The first-order chi connectivity index (χ1) is 12.0. The summed E-state index contributed by atoms with van der Waals surface area (Å²) in [6.45, 7) is 0. The highest BCUT2D eigenvalue weighted by Gasteiger charge is 2.06. The SMILES string of the molecule is O=C(O)c1cccc(Nc2cc(Nc3cc(Cl)ccc3Cl)ncn2)c1. The summed E-state index contributed by atoms with van der Waals surface area (Å²) in [6, 6.07) is 13.2. The first-order valence-corrected chi connectivity index (χ1v) is 7.91. The van der Waals surface area contributed by atoms with E-state index in [-0.39, 0.29) is 5.56 Å². The van der Waals surface area contributed by atoms with Gasteiger partial charge in [0.05, 0.1) is 16.3 Å². The zero-order valence-corrected chi connectivity index (χ0v) is 14.2. The number of nitrogens with one attached hydrogen (secondary N) is 2. The van der Waals surface area contributed by atoms with Gasteiger partial charge in [-0.25, -0.2) is 14.8 Å². The van der Waals surface area contributed by atoms with Gasteiger partial charge in [0.2, 0.25) is 0 Å². The maximum Gasteiger partial charge on any atom is 0.335 e. The Morgan fingerprint density at radius 2 is 1.72 bits per heavy atom. The quantitative estimate of drug-likeness (QED) is 0.584. The second kappa shape index (κ2) is 7.38. The van der Waals surface area contributed by atoms with Gasteiger partial charge in [0.1, 0.15) is 18.0 Å². The average Bonchev–Trinajstić information content (AvgIpc) is 2.59. The highest BCUT2D eigenvalue weighted by atomic mass is 35.5. The number of carbonyl (C=O) groups is 1. The van der Waals surface area contributed by atoms with Gasteiger partial charge in [-0.05, 0) is 36.4 Å². The lowest BCUT2D eigenvalue weighted by molar-refractivity contribution is 0.0697. The highest BCUT2D eigenvalue weighted by Crippen LogP contribution is 2.28. The van der Waals surface area contributed by atoms with E-state index in [1.807, 2.05) is 0 Å². The van der Waals surface area contributed by atoms with Crippen LogP contribution < -0.4 is 10.6 Å². The van der Waals surface area contributed by atoms with Crippen molar-refractivity contribution in [2.45, 2.75) is 0 Å². The summed E-state index contributed by atoms with van der Waals surface area (Å²) in [5.74, 6) is 0.0125. The molecular weight excluding hydrogens is 363 g/mol. The molecular formula is C17H12Cl2N4O2. The summed E-state index contributed by atoms with van der Waals surface area (Å²) >= 11 is 12.1. The summed E-state index contributed by atoms with van der Waals surface area (Å²) in [7, 11) is 0. The molecule has 3 N–H and O–H groups in total. The van der Waals surface area contributed by atoms with Gasteiger partial charge in [0.25, 0.3) is 0 Å². The van der Waals surface area contributed by atoms with Crippen LogP contribution in [0.15, 0.2) is 54.9 Å². The fraction of sp³-hybridized carbons (Fsp3) is 0. The summed E-state index contributed by atoms with van der Waals surface area (Å²) in [5.41, 5.74) is 1.40. The molecule has 8 heteroatoms. The Morgan fingerprint density at radius 3 is 2.48 bits per heavy atom. The van der Waals surface area contributed by atoms with E-state index in [0.29, 0.717) is 33.1 Å². The standard InChI is InChI=1S/C17H12Cl2N4O2/c18-11-4-5-13(19)14(7-11)23-16-8-15(20-9-21-16)22-12-3-1-2-10(6-12)17(24)25/h1-9H,(H,24,25)(H2,20,21,22,23). The van der Waals surface area contributed by atoms with Crippen LogP contribution in [0.1, 0.15) is 10.4 Å². The molecule has 6 nitrogen and oxygen atoms in total. The van der Waals surface area contributed by atoms with Gasteiger partial charge < -0.3 is 15.7 Å². The van der Waals surface area contributed by atoms with Crippen molar-refractivity contribution in [1.29, 1.82) is 0 Å². The monoisotopic (exact) mass is 374 g/mol. The van der Waals surface area contributed by atoms with Crippen LogP contribution in [0.5, 0.6) is 0 Å². The molecule has 0 bridgehead atoms. The minimum Gasteiger partial charge on any atom is -0.478 e. The van der Waals surface area contributed by atoms with E-state index >= 15 is 0 Å². The van der Waals surface area contributed by atoms with Crippen LogP contribution in [0, 0.1) is 0 Å². The molecule has 0 atom stereocenters. The molecule has 0 aliphatic heterocycles. The second-order valence-electron chi connectivity index (χ2n) is 5.05. The molecule has 0 aliphatic rings. The third-order valence-corrected chi connectivity index (χ3v) is 3.80. The molecule has 2 aromatic carbocycles. The molecule has 0 amide bonds. The van der Waals surface area contributed by atoms with Gasteiger partial charge in [0, 0.05) is 16.8 Å². The van der Waals surface area contributed by atoms with E-state index in [0.717, 1.165) is 0 Å². The largest absolute Gasteiger partial charge is 0.478 e. The Balaban J connectivity index is 1.81. The lowest BCUT2D eigenvalue weighted by atomic mass is 10.2. The van der Waals surface area contributed by atoms with E-state index in [1.54, 1.807) is 36.4 Å². The number of aromatic carboxylic acids is 1. The van der Waals surface area contributed by atoms with Crippen LogP contribution in [0.25, 0.3) is 0 Å². The van der Waals surface area contributed by atoms with E-state index in [2.05, 4.69) is 20.6 Å². The molecule has 0 saturated carbocycles. The van der Waals surface area contributed by atoms with Gasteiger partial charge in [-0.15, -0.1) is 0 Å². The molecule has 3 aromatic rings. The first-order valence-electron chi connectivity index (χ1n) is 7.16. The molecule has 0 saturated heterocycles. The number of carboxylic acids is 1. The van der Waals surface area contributed by atoms with Crippen molar-refractivity contribution >= 4 is 52.2 Å². The number of halogens is 2. The number of nitrogens with zero attached hydrogens (tertiary/aromatic N) is 2. The molecule has 0 spiro atoms. The van der Waals surface area contributed by atoms with Crippen LogP contribution in [0.3, 0.4) is 0 Å². The fourth-order valence-electron chi connectivity index (χ4n) is 2.10. The molecule has 126 valence electrons. The van der Waals surface area contributed by atoms with Crippen LogP contribution in [-0.2, 0) is 0 Å². The molecule has 0 aliphatic carbocycles. The van der Waals surface area contributed by atoms with Gasteiger partial charge in [0.15, 0.2) is 0 Å². The molecule has 0 unspecified atom stereocenters. The van der Waals surface area contributed by atoms with Crippen molar-refractivity contribution in [2.75, 3.05) is 10.6 Å². The zero-order chi connectivity index (χ0) is 17.8. The van der Waals surface area contributed by atoms with Crippen molar-refractivity contribution < 1.29 is 9.90 Å². The topological polar surface area (TPSA) is 87.1 Å². The molecule has 1 aromatic heterocycles. The van der Waals surface area contributed by atoms with Gasteiger partial charge in [-0.3, -0.25) is 0 Å². The zero-order valence-electron chi connectivity index (χ0n) is 12.7. The van der Waals surface area contributed by atoms with Crippen molar-refractivity contribution in [3.63, 3.8) is 0 Å². The molecule has 3 rings (SSSR count). The molecule has 1 heterocycles. The third-order valence-electron chi connectivity index (χ3n) is 3.24. The molecule has 0 radical (unpaired) electrons. The van der Waals surface area contributed by atoms with Crippen LogP contribution in [-0.4, -0.2) is 21.0 Å². The van der Waals surface area contributed by atoms with Gasteiger partial charge in [-0.2, -0.15) is 0 Å². The number of hydrogen-bond acceptors (Lipinski definition) is 5. The summed E-state index contributed by atoms with van der Waals surface area (Å²) < 4.78 is 0. The third kappa shape index (κ3) is 4.37. The summed E-state index contributed by atoms with van der Waals surface area (Å²) in [5, 5.41) is 16.2. The number of anilines is 4. The van der Waals surface area contributed by atoms with Crippen molar-refractivity contribution in [2.24, 2.45) is 0 Å². The van der Waals surface area contributed by atoms with Crippen LogP contribution in [0.2, 0.25) is 10.0 Å². The number of benzene rings is 2. The van der Waals surface area contributed by atoms with Crippen molar-refractivity contribution in [3.05, 3.63) is 70.5 Å². The summed E-state index contributed by atoms with van der Waals surface area (Å²) in [4.78, 5) is 19.3. The Kier molecular flexibility index (Phi) is 5.02. The Bertz CT molecular complexity index is 934.